The van der Waals surface area contributed by atoms with Gasteiger partial charge in [-0.3, -0.25) is 14.8 Å². The first-order chi connectivity index (χ1) is 14.0. The summed E-state index contributed by atoms with van der Waals surface area (Å²) in [6.07, 6.45) is -4.54. The van der Waals surface area contributed by atoms with Crippen molar-refractivity contribution in [2.24, 2.45) is 0 Å². The number of benzene rings is 2. The fraction of sp³-hybridized carbons (Fsp3) is 0.0625. The Morgan fingerprint density at radius 1 is 1.03 bits per heavy atom. The molecular weight excluding hydrogens is 488 g/mol. The predicted octanol–water partition coefficient (Wildman–Crippen LogP) is 4.92. The largest absolute Gasteiger partial charge is 0.416 e. The van der Waals surface area contributed by atoms with Gasteiger partial charge in [0, 0.05) is 10.7 Å². The van der Waals surface area contributed by atoms with Crippen molar-refractivity contribution in [3.63, 3.8) is 0 Å². The number of hydrogen-bond acceptors (Lipinski definition) is 6. The molecule has 7 nitrogen and oxygen atoms in total. The minimum absolute atomic E-state index is 0.0846. The average molecular weight is 497 g/mol. The van der Waals surface area contributed by atoms with Crippen LogP contribution in [0, 0.1) is 0 Å². The van der Waals surface area contributed by atoms with E-state index in [1.807, 2.05) is 0 Å². The van der Waals surface area contributed by atoms with Gasteiger partial charge < -0.3 is 0 Å². The summed E-state index contributed by atoms with van der Waals surface area (Å²) in [5.74, 6) is -0.660. The summed E-state index contributed by atoms with van der Waals surface area (Å²) >= 11 is 12.3. The molecule has 30 heavy (non-hydrogen) atoms. The average Bonchev–Trinajstić information content (AvgIpc) is 3.10. The van der Waals surface area contributed by atoms with Gasteiger partial charge in [0.1, 0.15) is 0 Å². The summed E-state index contributed by atoms with van der Waals surface area (Å²) in [5, 5.41) is 9.72. The second-order valence-corrected chi connectivity index (χ2v) is 9.31. The maximum atomic E-state index is 12.6. The number of nitrogens with one attached hydrogen (secondary N) is 2. The number of anilines is 2. The fourth-order valence-electron chi connectivity index (χ4n) is 2.13. The van der Waals surface area contributed by atoms with Crippen LogP contribution in [0.25, 0.3) is 0 Å². The van der Waals surface area contributed by atoms with E-state index in [1.165, 1.54) is 18.2 Å². The topological polar surface area (TPSA) is 101 Å². The monoisotopic (exact) mass is 496 g/mol. The highest BCUT2D eigenvalue weighted by molar-refractivity contribution is 7.94. The van der Waals surface area contributed by atoms with Crippen LogP contribution in [-0.2, 0) is 16.2 Å². The van der Waals surface area contributed by atoms with E-state index in [2.05, 4.69) is 20.2 Å². The van der Waals surface area contributed by atoms with Crippen LogP contribution in [0.5, 0.6) is 0 Å². The Balaban J connectivity index is 1.73. The highest BCUT2D eigenvalue weighted by Crippen LogP contribution is 2.30. The van der Waals surface area contributed by atoms with Crippen molar-refractivity contribution < 1.29 is 26.4 Å². The lowest BCUT2D eigenvalue weighted by Crippen LogP contribution is -2.13. The van der Waals surface area contributed by atoms with Crippen molar-refractivity contribution in [1.82, 2.24) is 10.2 Å². The van der Waals surface area contributed by atoms with Crippen molar-refractivity contribution >= 4 is 61.3 Å². The quantitative estimate of drug-likeness (QED) is 0.488. The van der Waals surface area contributed by atoms with Crippen LogP contribution in [0.4, 0.5) is 24.0 Å². The summed E-state index contributed by atoms with van der Waals surface area (Å²) in [6.45, 7) is 0. The minimum Gasteiger partial charge on any atom is -0.296 e. The van der Waals surface area contributed by atoms with Crippen LogP contribution in [0.15, 0.2) is 46.8 Å². The molecule has 0 saturated carbocycles. The number of rotatable bonds is 5. The van der Waals surface area contributed by atoms with Crippen LogP contribution in [0.3, 0.4) is 0 Å². The number of alkyl halides is 3. The van der Waals surface area contributed by atoms with E-state index in [0.29, 0.717) is 16.4 Å². The van der Waals surface area contributed by atoms with E-state index in [0.717, 1.165) is 24.3 Å². The summed E-state index contributed by atoms with van der Waals surface area (Å²) < 4.78 is 64.1. The zero-order chi connectivity index (χ0) is 22.1. The minimum atomic E-state index is -4.54. The van der Waals surface area contributed by atoms with Gasteiger partial charge >= 0.3 is 6.18 Å². The first-order valence-corrected chi connectivity index (χ1v) is 10.8. The predicted molar refractivity (Wildman–Crippen MR) is 107 cm³/mol. The Kier molecular flexibility index (Phi) is 6.22. The zero-order valence-corrected chi connectivity index (χ0v) is 17.5. The molecule has 0 aliphatic rings. The number of sulfonamides is 1. The smallest absolute Gasteiger partial charge is 0.296 e. The van der Waals surface area contributed by atoms with Gasteiger partial charge in [-0.2, -0.15) is 21.6 Å². The van der Waals surface area contributed by atoms with E-state index in [9.17, 15) is 26.4 Å². The van der Waals surface area contributed by atoms with Gasteiger partial charge in [-0.15, -0.1) is 10.2 Å². The normalized spacial score (nSPS) is 11.9. The zero-order valence-electron chi connectivity index (χ0n) is 14.4. The molecule has 2 N–H and O–H groups in total. The third-order valence-electron chi connectivity index (χ3n) is 3.50. The highest BCUT2D eigenvalue weighted by atomic mass is 35.5. The molecule has 2 aromatic carbocycles. The van der Waals surface area contributed by atoms with Crippen LogP contribution in [-0.4, -0.2) is 24.5 Å². The SMILES string of the molecule is O=C(Nc1nnc(S(=O)(=O)Nc2ccc(C(F)(F)F)cc2)s1)c1ccc(Cl)cc1Cl. The van der Waals surface area contributed by atoms with Crippen molar-refractivity contribution in [2.45, 2.75) is 10.5 Å². The molecule has 1 aromatic heterocycles. The number of nitrogens with zero attached hydrogens (tertiary/aromatic N) is 2. The molecule has 0 aliphatic carbocycles. The third kappa shape index (κ3) is 5.19. The van der Waals surface area contributed by atoms with Crippen molar-refractivity contribution in [1.29, 1.82) is 0 Å². The number of carbonyl (C=O) groups is 1. The van der Waals surface area contributed by atoms with E-state index in [1.54, 1.807) is 0 Å². The fourth-order valence-corrected chi connectivity index (χ4v) is 4.58. The summed E-state index contributed by atoms with van der Waals surface area (Å²) in [4.78, 5) is 12.3. The standard InChI is InChI=1S/C16H9Cl2F3N4O3S2/c17-9-3-6-11(12(18)7-9)13(26)22-14-23-24-15(29-14)30(27,28)25-10-4-1-8(2-5-10)16(19,20)21/h1-7,25H,(H,22,23,26). The molecule has 1 amide bonds. The Labute approximate surface area is 181 Å². The molecule has 0 fully saturated rings. The Morgan fingerprint density at radius 2 is 1.70 bits per heavy atom. The van der Waals surface area contributed by atoms with Crippen LogP contribution in [0.2, 0.25) is 10.0 Å². The highest BCUT2D eigenvalue weighted by Gasteiger charge is 2.30. The number of halogens is 5. The van der Waals surface area contributed by atoms with Gasteiger partial charge in [0.15, 0.2) is 0 Å². The number of amides is 1. The first-order valence-electron chi connectivity index (χ1n) is 7.76. The van der Waals surface area contributed by atoms with E-state index in [-0.39, 0.29) is 21.4 Å². The Bertz CT molecular complexity index is 1200. The molecule has 0 bridgehead atoms. The number of aromatic nitrogens is 2. The molecule has 3 rings (SSSR count). The third-order valence-corrected chi connectivity index (χ3v) is 6.63. The molecule has 0 spiro atoms. The summed E-state index contributed by atoms with van der Waals surface area (Å²) in [6, 6.07) is 7.59. The van der Waals surface area contributed by atoms with E-state index in [4.69, 9.17) is 23.2 Å². The molecule has 3 aromatic rings. The van der Waals surface area contributed by atoms with Crippen LogP contribution < -0.4 is 10.0 Å². The molecule has 158 valence electrons. The van der Waals surface area contributed by atoms with Gasteiger partial charge in [0.25, 0.3) is 20.3 Å². The Morgan fingerprint density at radius 3 is 2.30 bits per heavy atom. The van der Waals surface area contributed by atoms with Crippen LogP contribution in [0.1, 0.15) is 15.9 Å². The lowest BCUT2D eigenvalue weighted by atomic mass is 10.2. The van der Waals surface area contributed by atoms with Crippen molar-refractivity contribution in [2.75, 3.05) is 10.0 Å². The maximum Gasteiger partial charge on any atom is 0.416 e. The summed E-state index contributed by atoms with van der Waals surface area (Å²) in [5.41, 5.74) is -0.937. The van der Waals surface area contributed by atoms with E-state index < -0.39 is 32.0 Å². The molecule has 0 radical (unpaired) electrons. The van der Waals surface area contributed by atoms with Crippen molar-refractivity contribution in [3.8, 4) is 0 Å². The van der Waals surface area contributed by atoms with Gasteiger partial charge in [-0.05, 0) is 42.5 Å². The molecule has 0 saturated heterocycles. The van der Waals surface area contributed by atoms with Crippen molar-refractivity contribution in [3.05, 3.63) is 63.6 Å². The lowest BCUT2D eigenvalue weighted by Gasteiger charge is -2.08. The van der Waals surface area contributed by atoms with Gasteiger partial charge in [0.05, 0.1) is 16.1 Å². The lowest BCUT2D eigenvalue weighted by molar-refractivity contribution is -0.137. The summed E-state index contributed by atoms with van der Waals surface area (Å²) in [7, 11) is -4.24. The second-order valence-electron chi connectivity index (χ2n) is 5.63. The second kappa shape index (κ2) is 8.38. The number of carbonyl (C=O) groups excluding carboxylic acids is 1. The maximum absolute atomic E-state index is 12.6. The van der Waals surface area contributed by atoms with Crippen LogP contribution >= 0.6 is 34.5 Å². The van der Waals surface area contributed by atoms with E-state index >= 15 is 0 Å². The molecular formula is C16H9Cl2F3N4O3S2. The molecule has 0 unspecified atom stereocenters. The first kappa shape index (κ1) is 22.3. The number of hydrogen-bond donors (Lipinski definition) is 2. The van der Waals surface area contributed by atoms with Gasteiger partial charge in [-0.1, -0.05) is 34.5 Å². The Hall–Kier alpha value is -2.41. The molecule has 14 heteroatoms. The van der Waals surface area contributed by atoms with Gasteiger partial charge in [0.2, 0.25) is 5.13 Å². The van der Waals surface area contributed by atoms with Gasteiger partial charge in [-0.25, -0.2) is 0 Å². The molecule has 1 heterocycles. The molecule has 0 aliphatic heterocycles. The molecule has 0 atom stereocenters.